The predicted octanol–water partition coefficient (Wildman–Crippen LogP) is 2.01. The molecular weight excluding hydrogens is 353 g/mol. The van der Waals surface area contributed by atoms with Crippen LogP contribution in [0.2, 0.25) is 0 Å². The van der Waals surface area contributed by atoms with Crippen LogP contribution in [0.15, 0.2) is 30.5 Å². The first kappa shape index (κ1) is 17.6. The van der Waals surface area contributed by atoms with Crippen LogP contribution in [0.3, 0.4) is 0 Å². The monoisotopic (exact) mass is 366 g/mol. The van der Waals surface area contributed by atoms with E-state index in [0.717, 1.165) is 12.1 Å². The molecular formula is C16H13F3N4O3. The molecule has 1 aromatic carbocycles. The van der Waals surface area contributed by atoms with Gasteiger partial charge in [0.05, 0.1) is 23.4 Å². The molecule has 26 heavy (non-hydrogen) atoms. The number of alkyl halides is 3. The number of halogens is 3. The Bertz CT molecular complexity index is 874. The Balaban J connectivity index is 1.98. The van der Waals surface area contributed by atoms with E-state index in [-0.39, 0.29) is 35.9 Å². The molecule has 0 fully saturated rings. The fourth-order valence-electron chi connectivity index (χ4n) is 2.81. The average molecular weight is 366 g/mol. The molecule has 0 bridgehead atoms. The van der Waals surface area contributed by atoms with E-state index in [4.69, 9.17) is 0 Å². The Hall–Kier alpha value is -3.17. The highest BCUT2D eigenvalue weighted by molar-refractivity contribution is 6.13. The van der Waals surface area contributed by atoms with Gasteiger partial charge in [0.25, 0.3) is 11.8 Å². The molecule has 0 spiro atoms. The maximum Gasteiger partial charge on any atom is 0.416 e. The van der Waals surface area contributed by atoms with Crippen LogP contribution < -0.4 is 10.2 Å². The summed E-state index contributed by atoms with van der Waals surface area (Å²) < 4.78 is 39.5. The summed E-state index contributed by atoms with van der Waals surface area (Å²) in [5.74, 6) is -1.37. The number of anilines is 1. The molecule has 0 saturated carbocycles. The molecule has 2 heterocycles. The maximum atomic E-state index is 12.8. The standard InChI is InChI=1S/C16H13F3N4O3/c1-9-7-22(11-4-2-10(3-5-11)16(17,18)19)15(26)13-12(6-21-23(9)13)14(25)20-8-24/h2-6,8-9H,7H2,1H3,(H,20,24,25). The summed E-state index contributed by atoms with van der Waals surface area (Å²) in [4.78, 5) is 36.5. The van der Waals surface area contributed by atoms with Gasteiger partial charge >= 0.3 is 6.18 Å². The van der Waals surface area contributed by atoms with E-state index < -0.39 is 23.6 Å². The van der Waals surface area contributed by atoms with Gasteiger partial charge in [-0.05, 0) is 31.2 Å². The van der Waals surface area contributed by atoms with Crippen LogP contribution in [0.1, 0.15) is 39.4 Å². The number of hydrogen-bond donors (Lipinski definition) is 1. The largest absolute Gasteiger partial charge is 0.416 e. The summed E-state index contributed by atoms with van der Waals surface area (Å²) in [6.45, 7) is 1.93. The van der Waals surface area contributed by atoms with Gasteiger partial charge in [-0.3, -0.25) is 24.4 Å². The second-order valence-corrected chi connectivity index (χ2v) is 5.75. The SMILES string of the molecule is CC1CN(c2ccc(C(F)(F)F)cc2)C(=O)c2c(C(=O)NC=O)cnn21. The Morgan fingerprint density at radius 2 is 1.96 bits per heavy atom. The van der Waals surface area contributed by atoms with E-state index in [0.29, 0.717) is 0 Å². The van der Waals surface area contributed by atoms with Crippen molar-refractivity contribution in [3.8, 4) is 0 Å². The van der Waals surface area contributed by atoms with Crippen LogP contribution >= 0.6 is 0 Å². The third-order valence-corrected chi connectivity index (χ3v) is 4.05. The van der Waals surface area contributed by atoms with Crippen molar-refractivity contribution in [1.82, 2.24) is 15.1 Å². The van der Waals surface area contributed by atoms with Gasteiger partial charge in [0.1, 0.15) is 5.69 Å². The summed E-state index contributed by atoms with van der Waals surface area (Å²) in [5.41, 5.74) is -0.660. The van der Waals surface area contributed by atoms with Crippen molar-refractivity contribution >= 4 is 23.9 Å². The van der Waals surface area contributed by atoms with Gasteiger partial charge in [-0.15, -0.1) is 0 Å². The molecule has 7 nitrogen and oxygen atoms in total. The lowest BCUT2D eigenvalue weighted by Crippen LogP contribution is -2.43. The Morgan fingerprint density at radius 3 is 2.54 bits per heavy atom. The molecule has 0 aliphatic carbocycles. The van der Waals surface area contributed by atoms with E-state index in [1.165, 1.54) is 27.9 Å². The lowest BCUT2D eigenvalue weighted by Gasteiger charge is -2.32. The van der Waals surface area contributed by atoms with Gasteiger partial charge in [-0.2, -0.15) is 18.3 Å². The molecule has 0 saturated heterocycles. The summed E-state index contributed by atoms with van der Waals surface area (Å²) in [5, 5.41) is 5.95. The van der Waals surface area contributed by atoms with E-state index in [2.05, 4.69) is 5.10 Å². The smallest absolute Gasteiger partial charge is 0.305 e. The fraction of sp³-hybridized carbons (Fsp3) is 0.250. The lowest BCUT2D eigenvalue weighted by molar-refractivity contribution is -0.137. The van der Waals surface area contributed by atoms with Crippen molar-refractivity contribution in [2.75, 3.05) is 11.4 Å². The normalized spacial score (nSPS) is 17.0. The molecule has 1 aliphatic heterocycles. The molecule has 1 aliphatic rings. The molecule has 1 unspecified atom stereocenters. The topological polar surface area (TPSA) is 84.3 Å². The molecule has 136 valence electrons. The Labute approximate surface area is 145 Å². The van der Waals surface area contributed by atoms with Crippen molar-refractivity contribution in [3.63, 3.8) is 0 Å². The molecule has 10 heteroatoms. The Kier molecular flexibility index (Phi) is 4.26. The number of carbonyl (C=O) groups excluding carboxylic acids is 3. The van der Waals surface area contributed by atoms with Crippen LogP contribution in [-0.2, 0) is 11.0 Å². The first-order valence-electron chi connectivity index (χ1n) is 7.55. The first-order valence-corrected chi connectivity index (χ1v) is 7.55. The zero-order valence-electron chi connectivity index (χ0n) is 13.4. The molecule has 1 N–H and O–H groups in total. The minimum absolute atomic E-state index is 0.0250. The van der Waals surface area contributed by atoms with Gasteiger partial charge in [0, 0.05) is 12.2 Å². The molecule has 3 amide bonds. The van der Waals surface area contributed by atoms with E-state index in [9.17, 15) is 27.6 Å². The molecule has 0 radical (unpaired) electrons. The lowest BCUT2D eigenvalue weighted by atomic mass is 10.1. The van der Waals surface area contributed by atoms with Crippen molar-refractivity contribution < 1.29 is 27.6 Å². The first-order chi connectivity index (χ1) is 12.2. The number of hydrogen-bond acceptors (Lipinski definition) is 4. The number of aromatic nitrogens is 2. The van der Waals surface area contributed by atoms with E-state index >= 15 is 0 Å². The molecule has 2 aromatic rings. The highest BCUT2D eigenvalue weighted by atomic mass is 19.4. The van der Waals surface area contributed by atoms with Gasteiger partial charge < -0.3 is 4.90 Å². The zero-order chi connectivity index (χ0) is 19.1. The molecule has 3 rings (SSSR count). The fourth-order valence-corrected chi connectivity index (χ4v) is 2.81. The number of fused-ring (bicyclic) bond motifs is 1. The number of rotatable bonds is 3. The highest BCUT2D eigenvalue weighted by Gasteiger charge is 2.36. The van der Waals surface area contributed by atoms with E-state index in [1.54, 1.807) is 6.92 Å². The van der Waals surface area contributed by atoms with Crippen molar-refractivity contribution in [2.24, 2.45) is 0 Å². The number of imide groups is 1. The average Bonchev–Trinajstić information content (AvgIpc) is 3.04. The van der Waals surface area contributed by atoms with Crippen LogP contribution in [-0.4, -0.2) is 34.5 Å². The van der Waals surface area contributed by atoms with Gasteiger partial charge in [-0.1, -0.05) is 0 Å². The summed E-state index contributed by atoms with van der Waals surface area (Å²) in [7, 11) is 0. The number of carbonyl (C=O) groups is 3. The summed E-state index contributed by atoms with van der Waals surface area (Å²) in [6.07, 6.45) is -3.11. The van der Waals surface area contributed by atoms with Gasteiger partial charge in [0.2, 0.25) is 6.41 Å². The van der Waals surface area contributed by atoms with Crippen LogP contribution in [0.5, 0.6) is 0 Å². The molecule has 1 atom stereocenters. The number of nitrogens with one attached hydrogen (secondary N) is 1. The summed E-state index contributed by atoms with van der Waals surface area (Å²) in [6, 6.07) is 3.86. The van der Waals surface area contributed by atoms with Crippen molar-refractivity contribution in [3.05, 3.63) is 47.3 Å². The predicted molar refractivity (Wildman–Crippen MR) is 83.6 cm³/mol. The second-order valence-electron chi connectivity index (χ2n) is 5.75. The number of amides is 3. The van der Waals surface area contributed by atoms with E-state index in [1.807, 2.05) is 5.32 Å². The van der Waals surface area contributed by atoms with Crippen molar-refractivity contribution in [1.29, 1.82) is 0 Å². The zero-order valence-corrected chi connectivity index (χ0v) is 13.4. The highest BCUT2D eigenvalue weighted by Crippen LogP contribution is 2.32. The minimum Gasteiger partial charge on any atom is -0.305 e. The van der Waals surface area contributed by atoms with Gasteiger partial charge in [-0.25, -0.2) is 0 Å². The van der Waals surface area contributed by atoms with Gasteiger partial charge in [0.15, 0.2) is 0 Å². The Morgan fingerprint density at radius 1 is 1.31 bits per heavy atom. The van der Waals surface area contributed by atoms with Crippen molar-refractivity contribution in [2.45, 2.75) is 19.1 Å². The van der Waals surface area contributed by atoms with Crippen LogP contribution in [0.25, 0.3) is 0 Å². The second kappa shape index (κ2) is 6.28. The van der Waals surface area contributed by atoms with Crippen LogP contribution in [0.4, 0.5) is 18.9 Å². The summed E-state index contributed by atoms with van der Waals surface area (Å²) >= 11 is 0. The number of benzene rings is 1. The third kappa shape index (κ3) is 2.93. The number of nitrogens with zero attached hydrogens (tertiary/aromatic N) is 3. The molecule has 1 aromatic heterocycles. The quantitative estimate of drug-likeness (QED) is 0.843. The van der Waals surface area contributed by atoms with Crippen LogP contribution in [0, 0.1) is 0 Å². The maximum absolute atomic E-state index is 12.8. The third-order valence-electron chi connectivity index (χ3n) is 4.05. The minimum atomic E-state index is -4.48.